The number of amides is 1. The molecular weight excluding hydrogens is 584 g/mol. The minimum atomic E-state index is -0.605. The van der Waals surface area contributed by atoms with Crippen LogP contribution in [0.2, 0.25) is 0 Å². The number of carbonyl (C=O) groups excluding carboxylic acids is 1. The number of nitrogens with zero attached hydrogens (tertiary/aromatic N) is 7. The molecule has 1 unspecified atom stereocenters. The summed E-state index contributed by atoms with van der Waals surface area (Å²) >= 11 is 0. The third kappa shape index (κ3) is 5.72. The number of nitrogens with one attached hydrogen (secondary N) is 1. The minimum absolute atomic E-state index is 0.0471. The van der Waals surface area contributed by atoms with E-state index < -0.39 is 11.9 Å². The molecule has 1 aliphatic rings. The first-order valence-electron chi connectivity index (χ1n) is 14.1. The van der Waals surface area contributed by atoms with Crippen molar-refractivity contribution in [1.29, 1.82) is 0 Å². The van der Waals surface area contributed by atoms with Crippen molar-refractivity contribution in [2.45, 2.75) is 44.7 Å². The lowest BCUT2D eigenvalue weighted by Gasteiger charge is -2.33. The summed E-state index contributed by atoms with van der Waals surface area (Å²) in [6.07, 6.45) is 13.6. The van der Waals surface area contributed by atoms with Crippen LogP contribution in [0.3, 0.4) is 0 Å². The molecule has 7 rings (SSSR count). The van der Waals surface area contributed by atoms with Gasteiger partial charge in [0.15, 0.2) is 34.4 Å². The van der Waals surface area contributed by atoms with Gasteiger partial charge in [0.2, 0.25) is 29.5 Å². The molecule has 0 saturated carbocycles. The van der Waals surface area contributed by atoms with E-state index in [4.69, 9.17) is 26.5 Å². The highest BCUT2D eigenvalue weighted by Crippen LogP contribution is 2.30. The van der Waals surface area contributed by atoms with E-state index in [2.05, 4.69) is 54.0 Å². The summed E-state index contributed by atoms with van der Waals surface area (Å²) in [5.74, 6) is 1.02. The Hall–Kier alpha value is -5.57. The molecule has 0 radical (unpaired) electrons. The molecular formula is C30H28N8O7. The van der Waals surface area contributed by atoms with E-state index in [9.17, 15) is 4.79 Å². The second-order valence-electron chi connectivity index (χ2n) is 11.3. The largest absolute Gasteiger partial charge is 0.448 e. The predicted molar refractivity (Wildman–Crippen MR) is 155 cm³/mol. The Labute approximate surface area is 255 Å². The molecule has 0 aromatic carbocycles. The van der Waals surface area contributed by atoms with E-state index in [1.54, 1.807) is 6.08 Å². The van der Waals surface area contributed by atoms with E-state index in [1.165, 1.54) is 37.6 Å². The van der Waals surface area contributed by atoms with E-state index in [0.717, 1.165) is 0 Å². The maximum Gasteiger partial charge on any atom is 0.273 e. The van der Waals surface area contributed by atoms with E-state index >= 15 is 0 Å². The van der Waals surface area contributed by atoms with Crippen LogP contribution in [0.15, 0.2) is 70.2 Å². The SMILES string of the molecule is CN(C)C(C)(C)CCC1NC(=O)c2coc(n2)-c2coc(n2)-c2coc(n2)C/C=C/c2coc(n2)-c2coc(n2)-c2coc1n2. The van der Waals surface area contributed by atoms with Crippen molar-refractivity contribution in [3.8, 4) is 46.3 Å². The molecule has 230 valence electrons. The fraction of sp³-hybridized carbons (Fsp3) is 0.300. The molecule has 1 amide bonds. The van der Waals surface area contributed by atoms with Crippen LogP contribution >= 0.6 is 0 Å². The van der Waals surface area contributed by atoms with Gasteiger partial charge in [0, 0.05) is 12.0 Å². The fourth-order valence-corrected chi connectivity index (χ4v) is 4.50. The highest BCUT2D eigenvalue weighted by molar-refractivity contribution is 5.92. The van der Waals surface area contributed by atoms with Gasteiger partial charge in [-0.25, -0.2) is 29.9 Å². The topological polar surface area (TPSA) is 189 Å². The average Bonchev–Trinajstić information content (AvgIpc) is 3.86. The molecule has 15 nitrogen and oxygen atoms in total. The van der Waals surface area contributed by atoms with Gasteiger partial charge in [-0.2, -0.15) is 0 Å². The van der Waals surface area contributed by atoms with E-state index in [1.807, 2.05) is 20.2 Å². The lowest BCUT2D eigenvalue weighted by atomic mass is 9.94. The minimum Gasteiger partial charge on any atom is -0.448 e. The fourth-order valence-electron chi connectivity index (χ4n) is 4.50. The van der Waals surface area contributed by atoms with Crippen molar-refractivity contribution < 1.29 is 31.3 Å². The lowest BCUT2D eigenvalue weighted by molar-refractivity contribution is 0.0913. The van der Waals surface area contributed by atoms with Crippen molar-refractivity contribution in [2.24, 2.45) is 0 Å². The molecule has 7 heterocycles. The predicted octanol–water partition coefficient (Wildman–Crippen LogP) is 5.44. The maximum atomic E-state index is 13.4. The summed E-state index contributed by atoms with van der Waals surface area (Å²) in [5, 5.41) is 2.99. The summed E-state index contributed by atoms with van der Waals surface area (Å²) < 4.78 is 33.9. The Morgan fingerprint density at radius 3 is 2.00 bits per heavy atom. The van der Waals surface area contributed by atoms with E-state index in [-0.39, 0.29) is 46.4 Å². The molecule has 45 heavy (non-hydrogen) atoms. The van der Waals surface area contributed by atoms with Crippen LogP contribution in [0.25, 0.3) is 52.4 Å². The van der Waals surface area contributed by atoms with Gasteiger partial charge in [-0.15, -0.1) is 0 Å². The maximum absolute atomic E-state index is 13.4. The number of allylic oxidation sites excluding steroid dienone is 1. The van der Waals surface area contributed by atoms with Crippen LogP contribution < -0.4 is 5.32 Å². The standard InChI is InChI=1S/C30H28N8O7/c1-30(2,38(3)4)9-8-17-25-35-22(14-43-25)29-36-20(13-45-29)26-31-16(10-41-26)6-5-7-23-32-19(12-40-23)27-37-21(15-44-27)28-34-18(11-42-28)24(39)33-17/h5-6,10-15,17H,7-9H2,1-4H3,(H,33,39)/b6-5+. The number of oxazole rings is 6. The van der Waals surface area contributed by atoms with Crippen LogP contribution in [0.4, 0.5) is 0 Å². The van der Waals surface area contributed by atoms with Gasteiger partial charge in [0.1, 0.15) is 49.3 Å². The number of hydrogen-bond acceptors (Lipinski definition) is 14. The van der Waals surface area contributed by atoms with Gasteiger partial charge in [0.05, 0.1) is 0 Å². The number of hydrogen-bond donors (Lipinski definition) is 1. The van der Waals surface area contributed by atoms with Crippen LogP contribution in [0.1, 0.15) is 60.7 Å². The van der Waals surface area contributed by atoms with Crippen molar-refractivity contribution in [3.05, 3.63) is 66.8 Å². The van der Waals surface area contributed by atoms with Gasteiger partial charge in [-0.3, -0.25) is 4.79 Å². The number of aromatic nitrogens is 6. The third-order valence-electron chi connectivity index (χ3n) is 7.66. The quantitative estimate of drug-likeness (QED) is 0.265. The summed E-state index contributed by atoms with van der Waals surface area (Å²) in [6, 6.07) is -0.605. The smallest absolute Gasteiger partial charge is 0.273 e. The number of carbonyl (C=O) groups is 1. The Balaban J connectivity index is 1.24. The van der Waals surface area contributed by atoms with E-state index in [0.29, 0.717) is 47.9 Å². The Kier molecular flexibility index (Phi) is 7.00. The lowest BCUT2D eigenvalue weighted by Crippen LogP contribution is -2.39. The molecule has 12 bridgehead atoms. The highest BCUT2D eigenvalue weighted by Gasteiger charge is 2.29. The molecule has 0 aliphatic carbocycles. The van der Waals surface area contributed by atoms with Gasteiger partial charge >= 0.3 is 0 Å². The summed E-state index contributed by atoms with van der Waals surface area (Å²) in [7, 11) is 4.01. The van der Waals surface area contributed by atoms with Crippen molar-refractivity contribution in [3.63, 3.8) is 0 Å². The zero-order valence-electron chi connectivity index (χ0n) is 24.8. The van der Waals surface area contributed by atoms with Gasteiger partial charge < -0.3 is 36.7 Å². The first-order chi connectivity index (χ1) is 21.7. The summed E-state index contributed by atoms with van der Waals surface area (Å²) in [4.78, 5) is 42.3. The molecule has 1 aliphatic heterocycles. The molecule has 6 aromatic heterocycles. The second-order valence-corrected chi connectivity index (χ2v) is 11.3. The first kappa shape index (κ1) is 28.2. The third-order valence-corrected chi connectivity index (χ3v) is 7.66. The molecule has 0 fully saturated rings. The highest BCUT2D eigenvalue weighted by atomic mass is 16.4. The monoisotopic (exact) mass is 612 g/mol. The van der Waals surface area contributed by atoms with Gasteiger partial charge in [0.25, 0.3) is 5.91 Å². The molecule has 0 spiro atoms. The van der Waals surface area contributed by atoms with Crippen LogP contribution in [0, 0.1) is 0 Å². The molecule has 0 saturated heterocycles. The number of fused-ring (bicyclic) bond motifs is 16. The van der Waals surface area contributed by atoms with Crippen molar-refractivity contribution in [1.82, 2.24) is 40.1 Å². The molecule has 1 atom stereocenters. The van der Waals surface area contributed by atoms with Crippen LogP contribution in [-0.2, 0) is 6.42 Å². The summed E-state index contributed by atoms with van der Waals surface area (Å²) in [5.41, 5.74) is 1.86. The first-order valence-corrected chi connectivity index (χ1v) is 14.1. The molecule has 6 aromatic rings. The summed E-state index contributed by atoms with van der Waals surface area (Å²) in [6.45, 7) is 4.23. The Bertz CT molecular complexity index is 1980. The Morgan fingerprint density at radius 1 is 0.733 bits per heavy atom. The van der Waals surface area contributed by atoms with Gasteiger partial charge in [-0.1, -0.05) is 6.08 Å². The zero-order valence-corrected chi connectivity index (χ0v) is 24.8. The molecule has 15 heteroatoms. The normalized spacial score (nSPS) is 16.0. The molecule has 1 N–H and O–H groups in total. The average molecular weight is 613 g/mol. The van der Waals surface area contributed by atoms with Crippen LogP contribution in [-0.4, -0.2) is 60.3 Å². The number of rotatable bonds is 4. The Morgan fingerprint density at radius 2 is 1.29 bits per heavy atom. The van der Waals surface area contributed by atoms with Crippen molar-refractivity contribution >= 4 is 12.0 Å². The van der Waals surface area contributed by atoms with Crippen LogP contribution in [0.5, 0.6) is 0 Å². The second kappa shape index (κ2) is 11.2. The van der Waals surface area contributed by atoms with Crippen molar-refractivity contribution in [2.75, 3.05) is 14.1 Å². The van der Waals surface area contributed by atoms with Gasteiger partial charge in [-0.05, 0) is 46.9 Å². The zero-order chi connectivity index (χ0) is 31.1.